The number of hydrogen-bond acceptors (Lipinski definition) is 4. The Kier molecular flexibility index (Phi) is 5.13. The van der Waals surface area contributed by atoms with Crippen LogP contribution in [0.3, 0.4) is 0 Å². The quantitative estimate of drug-likeness (QED) is 0.458. The van der Waals surface area contributed by atoms with E-state index >= 15 is 0 Å². The van der Waals surface area contributed by atoms with Crippen molar-refractivity contribution in [3.63, 3.8) is 0 Å². The largest absolute Gasteiger partial charge is 0.341 e. The number of halogens is 2. The maximum Gasteiger partial charge on any atom is 0.263 e. The third-order valence-corrected chi connectivity index (χ3v) is 6.32. The molecule has 1 aliphatic heterocycles. The number of benzene rings is 2. The molecular weight excluding hydrogens is 421 g/mol. The van der Waals surface area contributed by atoms with E-state index in [2.05, 4.69) is 15.1 Å². The average molecular weight is 442 g/mol. The zero-order valence-electron chi connectivity index (χ0n) is 16.4. The summed E-state index contributed by atoms with van der Waals surface area (Å²) in [6.07, 6.45) is 4.69. The summed E-state index contributed by atoms with van der Waals surface area (Å²) in [5.74, 6) is 1.28. The minimum atomic E-state index is -0.158. The van der Waals surface area contributed by atoms with Crippen molar-refractivity contribution >= 4 is 45.8 Å². The van der Waals surface area contributed by atoms with Crippen molar-refractivity contribution in [1.29, 1.82) is 0 Å². The molecule has 0 radical (unpaired) electrons. The lowest BCUT2D eigenvalue weighted by atomic mass is 10.2. The molecule has 6 nitrogen and oxygen atoms in total. The van der Waals surface area contributed by atoms with Crippen LogP contribution in [-0.4, -0.2) is 32.3 Å². The first kappa shape index (κ1) is 19.4. The Hall–Kier alpha value is -2.57. The molecule has 0 amide bonds. The molecule has 0 aliphatic carbocycles. The Morgan fingerprint density at radius 2 is 1.70 bits per heavy atom. The molecule has 8 heteroatoms. The summed E-state index contributed by atoms with van der Waals surface area (Å²) < 4.78 is 3.61. The number of hydrogen-bond donors (Lipinski definition) is 0. The third-order valence-electron chi connectivity index (χ3n) is 5.72. The van der Waals surface area contributed by atoms with Crippen LogP contribution in [-0.2, 0) is 6.54 Å². The fraction of sp³-hybridized carbons (Fsp3) is 0.318. The summed E-state index contributed by atoms with van der Waals surface area (Å²) in [5.41, 5.74) is 1.46. The fourth-order valence-electron chi connectivity index (χ4n) is 4.18. The molecule has 0 spiro atoms. The van der Waals surface area contributed by atoms with E-state index in [1.165, 1.54) is 12.8 Å². The highest BCUT2D eigenvalue weighted by molar-refractivity contribution is 6.31. The van der Waals surface area contributed by atoms with Gasteiger partial charge in [-0.15, -0.1) is 10.2 Å². The lowest BCUT2D eigenvalue weighted by Gasteiger charge is -2.21. The lowest BCUT2D eigenvalue weighted by Crippen LogP contribution is -2.28. The summed E-state index contributed by atoms with van der Waals surface area (Å²) in [6.45, 7) is 2.17. The molecule has 0 atom stereocenters. The van der Waals surface area contributed by atoms with Crippen LogP contribution in [0.15, 0.2) is 47.3 Å². The van der Waals surface area contributed by atoms with Crippen LogP contribution in [0.4, 0.5) is 5.95 Å². The second kappa shape index (κ2) is 7.93. The van der Waals surface area contributed by atoms with E-state index in [1.807, 2.05) is 34.7 Å². The van der Waals surface area contributed by atoms with Gasteiger partial charge in [-0.1, -0.05) is 54.2 Å². The van der Waals surface area contributed by atoms with Gasteiger partial charge in [0.15, 0.2) is 0 Å². The second-order valence-corrected chi connectivity index (χ2v) is 8.52. The fourth-order valence-corrected chi connectivity index (χ4v) is 4.55. The van der Waals surface area contributed by atoms with Gasteiger partial charge in [0.1, 0.15) is 0 Å². The van der Waals surface area contributed by atoms with Gasteiger partial charge in [0.25, 0.3) is 5.56 Å². The lowest BCUT2D eigenvalue weighted by molar-refractivity contribution is 0.726. The molecule has 4 aromatic rings. The van der Waals surface area contributed by atoms with Gasteiger partial charge >= 0.3 is 0 Å². The van der Waals surface area contributed by atoms with E-state index in [4.69, 9.17) is 23.2 Å². The average Bonchev–Trinajstić information content (AvgIpc) is 3.00. The summed E-state index contributed by atoms with van der Waals surface area (Å²) in [4.78, 5) is 15.7. The van der Waals surface area contributed by atoms with Crippen LogP contribution >= 0.6 is 23.2 Å². The molecule has 0 N–H and O–H groups in total. The Balaban J connectivity index is 1.78. The second-order valence-electron chi connectivity index (χ2n) is 7.68. The van der Waals surface area contributed by atoms with Crippen molar-refractivity contribution in [2.24, 2.45) is 0 Å². The predicted molar refractivity (Wildman–Crippen MR) is 121 cm³/mol. The Bertz CT molecular complexity index is 1290. The normalized spacial score (nSPS) is 15.1. The Morgan fingerprint density at radius 1 is 0.933 bits per heavy atom. The Labute approximate surface area is 183 Å². The molecule has 2 aromatic carbocycles. The molecule has 0 saturated carbocycles. The van der Waals surface area contributed by atoms with E-state index < -0.39 is 0 Å². The molecular formula is C22H21Cl2N5O. The number of anilines is 1. The molecule has 2 aromatic heterocycles. The minimum absolute atomic E-state index is 0.158. The first-order valence-electron chi connectivity index (χ1n) is 10.2. The molecule has 154 valence electrons. The zero-order chi connectivity index (χ0) is 20.7. The predicted octanol–water partition coefficient (Wildman–Crippen LogP) is 4.78. The highest BCUT2D eigenvalue weighted by Gasteiger charge is 2.21. The smallest absolute Gasteiger partial charge is 0.263 e. The summed E-state index contributed by atoms with van der Waals surface area (Å²) in [6, 6.07) is 12.9. The van der Waals surface area contributed by atoms with E-state index in [9.17, 15) is 4.79 Å². The van der Waals surface area contributed by atoms with Crippen LogP contribution in [0, 0.1) is 0 Å². The highest BCUT2D eigenvalue weighted by atomic mass is 35.5. The topological polar surface area (TPSA) is 55.4 Å². The van der Waals surface area contributed by atoms with E-state index in [0.717, 1.165) is 43.0 Å². The van der Waals surface area contributed by atoms with Gasteiger partial charge in [-0.3, -0.25) is 9.36 Å². The standard InChI is InChI=1S/C22H21Cl2N5O/c23-16-9-10-19-17(13-16)20(30)28(14-15-7-3-4-8-18(15)24)22-26-25-21(29(19)22)27-11-5-1-2-6-12-27/h3-4,7-10,13H,1-2,5-6,11-12,14H2. The van der Waals surface area contributed by atoms with E-state index in [-0.39, 0.29) is 5.56 Å². The highest BCUT2D eigenvalue weighted by Crippen LogP contribution is 2.25. The van der Waals surface area contributed by atoms with E-state index in [0.29, 0.717) is 27.8 Å². The zero-order valence-corrected chi connectivity index (χ0v) is 17.9. The van der Waals surface area contributed by atoms with Crippen molar-refractivity contribution in [1.82, 2.24) is 19.2 Å². The first-order valence-corrected chi connectivity index (χ1v) is 10.9. The van der Waals surface area contributed by atoms with Crippen molar-refractivity contribution in [2.75, 3.05) is 18.0 Å². The van der Waals surface area contributed by atoms with E-state index in [1.54, 1.807) is 16.7 Å². The van der Waals surface area contributed by atoms with Crippen LogP contribution in [0.2, 0.25) is 10.0 Å². The molecule has 5 rings (SSSR count). The van der Waals surface area contributed by atoms with Gasteiger partial charge < -0.3 is 4.90 Å². The SMILES string of the molecule is O=c1c2cc(Cl)ccc2n2c(N3CCCCCC3)nnc2n1Cc1ccccc1Cl. The molecule has 1 aliphatic rings. The molecule has 3 heterocycles. The van der Waals surface area contributed by atoms with Gasteiger partial charge in [-0.2, -0.15) is 0 Å². The van der Waals surface area contributed by atoms with Gasteiger partial charge in [-0.25, -0.2) is 4.40 Å². The maximum atomic E-state index is 13.4. The van der Waals surface area contributed by atoms with Crippen LogP contribution < -0.4 is 10.5 Å². The van der Waals surface area contributed by atoms with Gasteiger partial charge in [0.2, 0.25) is 11.7 Å². The summed E-state index contributed by atoms with van der Waals surface area (Å²) in [5, 5.41) is 10.6. The monoisotopic (exact) mass is 441 g/mol. The van der Waals surface area contributed by atoms with Crippen LogP contribution in [0.1, 0.15) is 31.2 Å². The number of fused-ring (bicyclic) bond motifs is 3. The Morgan fingerprint density at radius 3 is 2.47 bits per heavy atom. The summed E-state index contributed by atoms with van der Waals surface area (Å²) in [7, 11) is 0. The minimum Gasteiger partial charge on any atom is -0.341 e. The van der Waals surface area contributed by atoms with Gasteiger partial charge in [-0.05, 0) is 42.7 Å². The van der Waals surface area contributed by atoms with Crippen molar-refractivity contribution in [3.8, 4) is 0 Å². The van der Waals surface area contributed by atoms with Crippen molar-refractivity contribution < 1.29 is 0 Å². The molecule has 1 saturated heterocycles. The maximum absolute atomic E-state index is 13.4. The van der Waals surface area contributed by atoms with Crippen LogP contribution in [0.5, 0.6) is 0 Å². The molecule has 0 bridgehead atoms. The number of aromatic nitrogens is 4. The number of nitrogens with zero attached hydrogens (tertiary/aromatic N) is 5. The van der Waals surface area contributed by atoms with Gasteiger partial charge in [0, 0.05) is 23.1 Å². The number of rotatable bonds is 3. The first-order chi connectivity index (χ1) is 14.6. The van der Waals surface area contributed by atoms with Crippen molar-refractivity contribution in [2.45, 2.75) is 32.2 Å². The molecule has 0 unspecified atom stereocenters. The van der Waals surface area contributed by atoms with Gasteiger partial charge in [0.05, 0.1) is 17.4 Å². The third kappa shape index (κ3) is 3.34. The molecule has 1 fully saturated rings. The van der Waals surface area contributed by atoms with Crippen LogP contribution in [0.25, 0.3) is 16.7 Å². The summed E-state index contributed by atoms with van der Waals surface area (Å²) >= 11 is 12.6. The molecule has 30 heavy (non-hydrogen) atoms. The van der Waals surface area contributed by atoms with Crippen molar-refractivity contribution in [3.05, 3.63) is 68.4 Å².